The van der Waals surface area contributed by atoms with Crippen LogP contribution in [0.4, 0.5) is 5.82 Å². The second-order valence-corrected chi connectivity index (χ2v) is 9.54. The van der Waals surface area contributed by atoms with Crippen LogP contribution in [0.1, 0.15) is 23.6 Å². The molecule has 1 saturated carbocycles. The SMILES string of the molecule is COC(=O)C1[C@H]2CN(Cc3ccc4n(c3=O)C[C@H]3C[C@@H]4CN(c4cnccn4)C3)C[C@@H]12. The summed E-state index contributed by atoms with van der Waals surface area (Å²) in [7, 11) is 1.46. The van der Waals surface area contributed by atoms with E-state index in [2.05, 4.69) is 25.8 Å². The van der Waals surface area contributed by atoms with Gasteiger partial charge in [0.15, 0.2) is 0 Å². The summed E-state index contributed by atoms with van der Waals surface area (Å²) in [5.41, 5.74) is 2.17. The predicted molar refractivity (Wildman–Crippen MR) is 114 cm³/mol. The molecule has 8 heteroatoms. The van der Waals surface area contributed by atoms with E-state index in [-0.39, 0.29) is 17.4 Å². The summed E-state index contributed by atoms with van der Waals surface area (Å²) in [5, 5.41) is 0. The molecule has 2 saturated heterocycles. The van der Waals surface area contributed by atoms with Crippen LogP contribution in [-0.2, 0) is 22.6 Å². The lowest BCUT2D eigenvalue weighted by atomic mass is 9.83. The van der Waals surface area contributed by atoms with Gasteiger partial charge in [-0.05, 0) is 30.2 Å². The molecule has 2 aromatic rings. The number of carbonyl (C=O) groups is 1. The molecule has 0 amide bonds. The third kappa shape index (κ3) is 3.15. The van der Waals surface area contributed by atoms with Crippen molar-refractivity contribution < 1.29 is 9.53 Å². The molecule has 6 rings (SSSR count). The average Bonchev–Trinajstić information content (AvgIpc) is 3.30. The summed E-state index contributed by atoms with van der Waals surface area (Å²) in [6.45, 7) is 4.98. The van der Waals surface area contributed by atoms with Crippen molar-refractivity contribution in [3.63, 3.8) is 0 Å². The van der Waals surface area contributed by atoms with Crippen LogP contribution in [0.15, 0.2) is 35.5 Å². The number of hydrogen-bond acceptors (Lipinski definition) is 7. The molecule has 31 heavy (non-hydrogen) atoms. The monoisotopic (exact) mass is 421 g/mol. The van der Waals surface area contributed by atoms with E-state index < -0.39 is 0 Å². The van der Waals surface area contributed by atoms with E-state index in [9.17, 15) is 9.59 Å². The Kier molecular flexibility index (Phi) is 4.38. The van der Waals surface area contributed by atoms with Crippen LogP contribution < -0.4 is 10.5 Å². The van der Waals surface area contributed by atoms with Gasteiger partial charge in [-0.15, -0.1) is 0 Å². The third-order valence-electron chi connectivity index (χ3n) is 7.69. The fourth-order valence-corrected chi connectivity index (χ4v) is 6.22. The van der Waals surface area contributed by atoms with Crippen LogP contribution in [-0.4, -0.2) is 58.7 Å². The number of nitrogens with zero attached hydrogens (tertiary/aromatic N) is 5. The normalized spacial score (nSPS) is 31.1. The van der Waals surface area contributed by atoms with E-state index in [1.807, 2.05) is 16.8 Å². The number of likely N-dealkylation sites (tertiary alicyclic amines) is 1. The van der Waals surface area contributed by atoms with Gasteiger partial charge in [-0.3, -0.25) is 19.5 Å². The van der Waals surface area contributed by atoms with Gasteiger partial charge in [-0.25, -0.2) is 4.98 Å². The maximum atomic E-state index is 13.3. The van der Waals surface area contributed by atoms with Gasteiger partial charge in [0, 0.05) is 68.8 Å². The largest absolute Gasteiger partial charge is 0.469 e. The first-order chi connectivity index (χ1) is 15.1. The Balaban J connectivity index is 1.18. The predicted octanol–water partition coefficient (Wildman–Crippen LogP) is 1.11. The number of fused-ring (bicyclic) bond motifs is 5. The zero-order valence-corrected chi connectivity index (χ0v) is 17.7. The highest BCUT2D eigenvalue weighted by molar-refractivity contribution is 5.76. The first kappa shape index (κ1) is 19.0. The van der Waals surface area contributed by atoms with Gasteiger partial charge in [0.1, 0.15) is 5.82 Å². The van der Waals surface area contributed by atoms with Crippen molar-refractivity contribution in [1.29, 1.82) is 0 Å². The molecule has 0 radical (unpaired) electrons. The molecule has 0 spiro atoms. The van der Waals surface area contributed by atoms with Gasteiger partial charge in [-0.1, -0.05) is 6.07 Å². The summed E-state index contributed by atoms with van der Waals surface area (Å²) in [5.74, 6) is 2.51. The molecule has 5 heterocycles. The molecule has 1 unspecified atom stereocenters. The van der Waals surface area contributed by atoms with E-state index in [1.54, 1.807) is 12.4 Å². The summed E-state index contributed by atoms with van der Waals surface area (Å²) in [6.07, 6.45) is 6.38. The minimum absolute atomic E-state index is 0.0718. The number of pyridine rings is 1. The van der Waals surface area contributed by atoms with Crippen molar-refractivity contribution in [3.8, 4) is 0 Å². The van der Waals surface area contributed by atoms with Crippen LogP contribution in [0, 0.1) is 23.7 Å². The van der Waals surface area contributed by atoms with Gasteiger partial charge in [0.2, 0.25) is 0 Å². The molecule has 2 aromatic heterocycles. The minimum atomic E-state index is -0.0782. The number of esters is 1. The number of methoxy groups -OCH3 is 1. The van der Waals surface area contributed by atoms with Crippen LogP contribution in [0.2, 0.25) is 0 Å². The Hall–Kier alpha value is -2.74. The molecule has 3 aliphatic heterocycles. The van der Waals surface area contributed by atoms with Crippen molar-refractivity contribution in [2.45, 2.75) is 25.4 Å². The lowest BCUT2D eigenvalue weighted by Gasteiger charge is -2.43. The van der Waals surface area contributed by atoms with Crippen LogP contribution >= 0.6 is 0 Å². The summed E-state index contributed by atoms with van der Waals surface area (Å²) >= 11 is 0. The Morgan fingerprint density at radius 1 is 1.13 bits per heavy atom. The summed E-state index contributed by atoms with van der Waals surface area (Å²) in [4.78, 5) is 38.4. The molecule has 162 valence electrons. The third-order valence-corrected chi connectivity index (χ3v) is 7.69. The molecular formula is C23H27N5O3. The van der Waals surface area contributed by atoms with Gasteiger partial charge in [0.05, 0.1) is 19.2 Å². The molecule has 2 bridgehead atoms. The highest BCUT2D eigenvalue weighted by atomic mass is 16.5. The van der Waals surface area contributed by atoms with Crippen LogP contribution in [0.3, 0.4) is 0 Å². The Morgan fingerprint density at radius 2 is 1.97 bits per heavy atom. The number of aromatic nitrogens is 3. The number of hydrogen-bond donors (Lipinski definition) is 0. The number of rotatable bonds is 4. The van der Waals surface area contributed by atoms with Gasteiger partial charge < -0.3 is 14.2 Å². The van der Waals surface area contributed by atoms with E-state index >= 15 is 0 Å². The minimum Gasteiger partial charge on any atom is -0.469 e. The topological polar surface area (TPSA) is 80.6 Å². The van der Waals surface area contributed by atoms with Gasteiger partial charge in [-0.2, -0.15) is 0 Å². The van der Waals surface area contributed by atoms with Crippen molar-refractivity contribution >= 4 is 11.8 Å². The fraction of sp³-hybridized carbons (Fsp3) is 0.565. The number of ether oxygens (including phenoxy) is 1. The van der Waals surface area contributed by atoms with Crippen LogP contribution in [0.5, 0.6) is 0 Å². The summed E-state index contributed by atoms with van der Waals surface area (Å²) < 4.78 is 6.92. The second-order valence-electron chi connectivity index (χ2n) is 9.54. The van der Waals surface area contributed by atoms with Crippen molar-refractivity contribution in [3.05, 3.63) is 52.3 Å². The number of anilines is 1. The van der Waals surface area contributed by atoms with E-state index in [1.165, 1.54) is 7.11 Å². The van der Waals surface area contributed by atoms with Crippen LogP contribution in [0.25, 0.3) is 0 Å². The lowest BCUT2D eigenvalue weighted by molar-refractivity contribution is -0.143. The molecule has 0 N–H and O–H groups in total. The maximum Gasteiger partial charge on any atom is 0.309 e. The first-order valence-corrected chi connectivity index (χ1v) is 11.2. The van der Waals surface area contributed by atoms with E-state index in [0.29, 0.717) is 30.2 Å². The van der Waals surface area contributed by atoms with Crippen molar-refractivity contribution in [2.75, 3.05) is 38.2 Å². The molecule has 8 nitrogen and oxygen atoms in total. The average molecular weight is 422 g/mol. The summed E-state index contributed by atoms with van der Waals surface area (Å²) in [6, 6.07) is 4.18. The zero-order valence-electron chi connectivity index (χ0n) is 17.7. The smallest absolute Gasteiger partial charge is 0.309 e. The quantitative estimate of drug-likeness (QED) is 0.684. The Morgan fingerprint density at radius 3 is 2.71 bits per heavy atom. The van der Waals surface area contributed by atoms with E-state index in [4.69, 9.17) is 4.74 Å². The van der Waals surface area contributed by atoms with Gasteiger partial charge >= 0.3 is 5.97 Å². The molecule has 0 aromatic carbocycles. The first-order valence-electron chi connectivity index (χ1n) is 11.2. The maximum absolute atomic E-state index is 13.3. The van der Waals surface area contributed by atoms with Crippen molar-refractivity contribution in [1.82, 2.24) is 19.4 Å². The molecule has 3 fully saturated rings. The molecule has 1 aliphatic carbocycles. The molecular weight excluding hydrogens is 394 g/mol. The Labute approximate surface area is 180 Å². The second kappa shape index (κ2) is 7.15. The van der Waals surface area contributed by atoms with E-state index in [0.717, 1.165) is 56.2 Å². The number of piperidine rings is 2. The Bertz CT molecular complexity index is 1060. The fourth-order valence-electron chi connectivity index (χ4n) is 6.22. The highest BCUT2D eigenvalue weighted by Crippen LogP contribution is 2.52. The molecule has 5 atom stereocenters. The highest BCUT2D eigenvalue weighted by Gasteiger charge is 2.60. The number of carbonyl (C=O) groups excluding carboxylic acids is 1. The van der Waals surface area contributed by atoms with Gasteiger partial charge in [0.25, 0.3) is 5.56 Å². The zero-order chi connectivity index (χ0) is 21.1. The lowest BCUT2D eigenvalue weighted by Crippen LogP contribution is -2.48. The van der Waals surface area contributed by atoms with Crippen molar-refractivity contribution in [2.24, 2.45) is 23.7 Å². The molecule has 4 aliphatic rings. The standard InChI is InChI=1S/C23H27N5O3/c1-31-23(30)21-17-12-26(13-18(17)21)10-15-2-3-19-16-6-14(9-28(19)22(15)29)8-27(11-16)20-7-24-4-5-25-20/h2-5,7,14,16-18,21H,6,8-13H2,1H3/t14-,16+,17-,18+,21?/m0/s1.